The second-order valence-corrected chi connectivity index (χ2v) is 15.2. The lowest BCUT2D eigenvalue weighted by molar-refractivity contribution is -0.298. The molecule has 0 aromatic rings. The Bertz CT molecular complexity index is 958. The summed E-state index contributed by atoms with van der Waals surface area (Å²) in [6.45, 7) is 3.78. The molecule has 1 aliphatic heterocycles. The summed E-state index contributed by atoms with van der Waals surface area (Å²) in [6.07, 6.45) is 25.7. The molecule has 0 aliphatic carbocycles. The van der Waals surface area contributed by atoms with Crippen LogP contribution in [-0.2, 0) is 33.3 Å². The molecule has 0 spiro atoms. The molecule has 316 valence electrons. The molecule has 6 unspecified atom stereocenters. The van der Waals surface area contributed by atoms with Crippen molar-refractivity contribution in [3.05, 3.63) is 12.2 Å². The first-order valence-electron chi connectivity index (χ1n) is 21.7. The monoisotopic (exact) mass is 771 g/mol. The van der Waals surface area contributed by atoms with Gasteiger partial charge in [-0.1, -0.05) is 154 Å². The molecule has 0 radical (unpaired) electrons. The summed E-state index contributed by atoms with van der Waals surface area (Å²) in [5.74, 6) is -2.44. The Morgan fingerprint density at radius 2 is 0.981 bits per heavy atom. The van der Waals surface area contributed by atoms with E-state index >= 15 is 0 Å². The molecule has 1 rings (SSSR count). The van der Waals surface area contributed by atoms with E-state index in [9.17, 15) is 34.8 Å². The first kappa shape index (κ1) is 50.0. The predicted molar refractivity (Wildman–Crippen MR) is 211 cm³/mol. The van der Waals surface area contributed by atoms with Gasteiger partial charge in [0.25, 0.3) is 0 Å². The lowest BCUT2D eigenvalue weighted by atomic mass is 9.99. The van der Waals surface area contributed by atoms with E-state index < -0.39 is 54.7 Å². The third-order valence-electron chi connectivity index (χ3n) is 10.1. The Labute approximate surface area is 326 Å². The number of rotatable bonds is 36. The van der Waals surface area contributed by atoms with Gasteiger partial charge in [-0.05, 0) is 38.5 Å². The quantitative estimate of drug-likeness (QED) is 0.0273. The lowest BCUT2D eigenvalue weighted by Crippen LogP contribution is -2.60. The van der Waals surface area contributed by atoms with Gasteiger partial charge in [0.05, 0.1) is 6.61 Å². The number of hydrogen-bond acceptors (Lipinski definition) is 10. The number of carboxylic acid groups (broad SMARTS) is 1. The summed E-state index contributed by atoms with van der Waals surface area (Å²) in [7, 11) is 0. The van der Waals surface area contributed by atoms with Crippen molar-refractivity contribution >= 4 is 17.9 Å². The predicted octanol–water partition coefficient (Wildman–Crippen LogP) is 8.87. The van der Waals surface area contributed by atoms with Crippen LogP contribution in [0.2, 0.25) is 0 Å². The van der Waals surface area contributed by atoms with E-state index in [1.54, 1.807) is 0 Å². The Balaban J connectivity index is 2.32. The van der Waals surface area contributed by atoms with Crippen molar-refractivity contribution in [1.29, 1.82) is 0 Å². The number of ether oxygens (including phenoxy) is 4. The van der Waals surface area contributed by atoms with Gasteiger partial charge in [0.2, 0.25) is 0 Å². The van der Waals surface area contributed by atoms with Crippen LogP contribution >= 0.6 is 0 Å². The largest absolute Gasteiger partial charge is 0.479 e. The number of esters is 2. The molecule has 4 N–H and O–H groups in total. The molecular formula is C43H78O11. The van der Waals surface area contributed by atoms with Crippen LogP contribution in [-0.4, -0.2) is 88.4 Å². The SMILES string of the molecule is CCCCCCCC/C=C\CCCCCCCCCCCC(=O)OCC(COC1OC(C(=O)O)C(O)C(O)C1O)OC(=O)CCCCCCCCCCC. The van der Waals surface area contributed by atoms with Crippen LogP contribution in [0.4, 0.5) is 0 Å². The van der Waals surface area contributed by atoms with E-state index in [4.69, 9.17) is 18.9 Å². The average Bonchev–Trinajstić information content (AvgIpc) is 3.15. The minimum atomic E-state index is -1.86. The number of carbonyl (C=O) groups excluding carboxylic acids is 2. The highest BCUT2D eigenvalue weighted by Crippen LogP contribution is 2.23. The first-order chi connectivity index (χ1) is 26.2. The highest BCUT2D eigenvalue weighted by atomic mass is 16.7. The van der Waals surface area contributed by atoms with Crippen LogP contribution in [0.3, 0.4) is 0 Å². The van der Waals surface area contributed by atoms with Gasteiger partial charge in [-0.2, -0.15) is 0 Å². The molecule has 0 aromatic heterocycles. The number of aliphatic hydroxyl groups excluding tert-OH is 3. The van der Waals surface area contributed by atoms with Gasteiger partial charge in [-0.3, -0.25) is 9.59 Å². The number of allylic oxidation sites excluding steroid dienone is 2. The van der Waals surface area contributed by atoms with E-state index in [1.165, 1.54) is 116 Å². The lowest BCUT2D eigenvalue weighted by Gasteiger charge is -2.38. The molecule has 1 aliphatic rings. The maximum absolute atomic E-state index is 12.7. The van der Waals surface area contributed by atoms with Crippen molar-refractivity contribution in [3.63, 3.8) is 0 Å². The Kier molecular flexibility index (Phi) is 31.7. The number of aliphatic carboxylic acids is 1. The van der Waals surface area contributed by atoms with Crippen LogP contribution in [0.5, 0.6) is 0 Å². The van der Waals surface area contributed by atoms with Crippen molar-refractivity contribution in [2.75, 3.05) is 13.2 Å². The fourth-order valence-corrected chi connectivity index (χ4v) is 6.64. The van der Waals surface area contributed by atoms with E-state index in [1.807, 2.05) is 0 Å². The number of carboxylic acids is 1. The summed E-state index contributed by atoms with van der Waals surface area (Å²) in [4.78, 5) is 36.7. The third-order valence-corrected chi connectivity index (χ3v) is 10.1. The van der Waals surface area contributed by atoms with Crippen molar-refractivity contribution in [3.8, 4) is 0 Å². The van der Waals surface area contributed by atoms with Crippen molar-refractivity contribution in [1.82, 2.24) is 0 Å². The van der Waals surface area contributed by atoms with Crippen LogP contribution in [0.25, 0.3) is 0 Å². The van der Waals surface area contributed by atoms with Gasteiger partial charge in [0.1, 0.15) is 24.9 Å². The summed E-state index contributed by atoms with van der Waals surface area (Å²) < 4.78 is 21.7. The smallest absolute Gasteiger partial charge is 0.335 e. The van der Waals surface area contributed by atoms with E-state index in [-0.39, 0.29) is 26.1 Å². The summed E-state index contributed by atoms with van der Waals surface area (Å²) in [6, 6.07) is 0. The fourth-order valence-electron chi connectivity index (χ4n) is 6.64. The Morgan fingerprint density at radius 3 is 1.44 bits per heavy atom. The molecule has 1 heterocycles. The van der Waals surface area contributed by atoms with Crippen molar-refractivity contribution < 1.29 is 53.8 Å². The number of aliphatic hydroxyl groups is 3. The van der Waals surface area contributed by atoms with Crippen molar-refractivity contribution in [2.45, 2.75) is 230 Å². The van der Waals surface area contributed by atoms with Crippen LogP contribution in [0.1, 0.15) is 194 Å². The average molecular weight is 771 g/mol. The molecular weight excluding hydrogens is 692 g/mol. The molecule has 11 heteroatoms. The second kappa shape index (κ2) is 34.2. The van der Waals surface area contributed by atoms with Crippen molar-refractivity contribution in [2.24, 2.45) is 0 Å². The third kappa shape index (κ3) is 25.9. The molecule has 1 saturated heterocycles. The Morgan fingerprint density at radius 1 is 0.556 bits per heavy atom. The van der Waals surface area contributed by atoms with Gasteiger partial charge in [-0.25, -0.2) is 4.79 Å². The minimum Gasteiger partial charge on any atom is -0.479 e. The number of hydrogen-bond donors (Lipinski definition) is 4. The molecule has 11 nitrogen and oxygen atoms in total. The van der Waals surface area contributed by atoms with E-state index in [0.717, 1.165) is 38.5 Å². The van der Waals surface area contributed by atoms with E-state index in [2.05, 4.69) is 26.0 Å². The number of unbranched alkanes of at least 4 members (excludes halogenated alkanes) is 23. The van der Waals surface area contributed by atoms with Gasteiger partial charge >= 0.3 is 17.9 Å². The van der Waals surface area contributed by atoms with Crippen LogP contribution in [0.15, 0.2) is 12.2 Å². The van der Waals surface area contributed by atoms with Gasteiger partial charge < -0.3 is 39.4 Å². The molecule has 0 amide bonds. The van der Waals surface area contributed by atoms with Crippen LogP contribution < -0.4 is 0 Å². The zero-order chi connectivity index (χ0) is 39.7. The standard InChI is InChI=1S/C43H78O11/c1-3-5-7-9-11-13-14-15-16-17-18-19-20-21-22-24-25-27-29-31-36(44)51-33-35(53-37(45)32-30-28-26-23-12-10-8-6-4-2)34-52-43-40(48)38(46)39(47)41(54-43)42(49)50/h15-16,35,38-41,43,46-48H,3-14,17-34H2,1-2H3,(H,49,50)/b16-15-. The molecule has 54 heavy (non-hydrogen) atoms. The van der Waals surface area contributed by atoms with Crippen LogP contribution in [0, 0.1) is 0 Å². The maximum Gasteiger partial charge on any atom is 0.335 e. The molecule has 0 saturated carbocycles. The minimum absolute atomic E-state index is 0.186. The fraction of sp³-hybridized carbons (Fsp3) is 0.884. The molecule has 1 fully saturated rings. The summed E-state index contributed by atoms with van der Waals surface area (Å²) >= 11 is 0. The normalized spacial score (nSPS) is 20.6. The molecule has 0 bridgehead atoms. The summed E-state index contributed by atoms with van der Waals surface area (Å²) in [5.41, 5.74) is 0. The topological polar surface area (TPSA) is 169 Å². The zero-order valence-electron chi connectivity index (χ0n) is 34.0. The van der Waals surface area contributed by atoms with E-state index in [0.29, 0.717) is 12.8 Å². The Hall–Kier alpha value is -2.05. The zero-order valence-corrected chi connectivity index (χ0v) is 34.0. The summed E-state index contributed by atoms with van der Waals surface area (Å²) in [5, 5.41) is 39.7. The van der Waals surface area contributed by atoms with Gasteiger partial charge in [0.15, 0.2) is 18.5 Å². The highest BCUT2D eigenvalue weighted by molar-refractivity contribution is 5.73. The maximum atomic E-state index is 12.7. The second-order valence-electron chi connectivity index (χ2n) is 15.2. The van der Waals surface area contributed by atoms with Gasteiger partial charge in [0, 0.05) is 12.8 Å². The number of carbonyl (C=O) groups is 3. The van der Waals surface area contributed by atoms with Gasteiger partial charge in [-0.15, -0.1) is 0 Å². The molecule has 6 atom stereocenters. The highest BCUT2D eigenvalue weighted by Gasteiger charge is 2.47. The first-order valence-corrected chi connectivity index (χ1v) is 21.7. The molecule has 0 aromatic carbocycles.